The Bertz CT molecular complexity index is 410. The van der Waals surface area contributed by atoms with Gasteiger partial charge in [-0.1, -0.05) is 31.5 Å². The van der Waals surface area contributed by atoms with Crippen LogP contribution in [0.15, 0.2) is 30.3 Å². The molecular weight excluding hydrogens is 279 g/mol. The summed E-state index contributed by atoms with van der Waals surface area (Å²) in [6, 6.07) is 10.8. The average molecular weight is 307 g/mol. The molecule has 0 spiro atoms. The van der Waals surface area contributed by atoms with E-state index < -0.39 is 7.72 Å². The number of hydrogen-bond acceptors (Lipinski definition) is 2. The SMILES string of the molecule is CCCC[P+](OC1CCC1)(OC1CCC1)c1ccccc1. The van der Waals surface area contributed by atoms with Crippen molar-refractivity contribution in [2.45, 2.75) is 70.5 Å². The molecule has 0 aliphatic heterocycles. The molecule has 2 nitrogen and oxygen atoms in total. The van der Waals surface area contributed by atoms with Crippen LogP contribution in [0.1, 0.15) is 58.3 Å². The molecule has 0 unspecified atom stereocenters. The summed E-state index contributed by atoms with van der Waals surface area (Å²) in [4.78, 5) is 0. The van der Waals surface area contributed by atoms with E-state index in [1.54, 1.807) is 0 Å². The van der Waals surface area contributed by atoms with Gasteiger partial charge in [-0.05, 0) is 57.1 Å². The van der Waals surface area contributed by atoms with Gasteiger partial charge in [-0.2, -0.15) is 9.05 Å². The van der Waals surface area contributed by atoms with Crippen molar-refractivity contribution in [1.82, 2.24) is 0 Å². The van der Waals surface area contributed by atoms with Crippen molar-refractivity contribution >= 4 is 13.0 Å². The molecule has 2 fully saturated rings. The van der Waals surface area contributed by atoms with Crippen molar-refractivity contribution in [3.8, 4) is 0 Å². The molecule has 0 saturated heterocycles. The van der Waals surface area contributed by atoms with E-state index in [1.807, 2.05) is 0 Å². The normalized spacial score (nSPS) is 20.0. The molecule has 3 rings (SSSR count). The summed E-state index contributed by atoms with van der Waals surface area (Å²) < 4.78 is 13.3. The molecule has 0 radical (unpaired) electrons. The van der Waals surface area contributed by atoms with Crippen LogP contribution in [-0.2, 0) is 9.05 Å². The third-order valence-corrected chi connectivity index (χ3v) is 7.97. The van der Waals surface area contributed by atoms with Crippen molar-refractivity contribution in [2.75, 3.05) is 6.16 Å². The lowest BCUT2D eigenvalue weighted by Gasteiger charge is -2.36. The highest BCUT2D eigenvalue weighted by molar-refractivity contribution is 7.74. The molecule has 1 aromatic carbocycles. The van der Waals surface area contributed by atoms with Gasteiger partial charge in [0.2, 0.25) is 0 Å². The van der Waals surface area contributed by atoms with Crippen LogP contribution in [0, 0.1) is 0 Å². The first-order chi connectivity index (χ1) is 10.3. The predicted octanol–water partition coefficient (Wildman–Crippen LogP) is 5.10. The fraction of sp³-hybridized carbons (Fsp3) is 0.667. The first-order valence-electron chi connectivity index (χ1n) is 8.63. The van der Waals surface area contributed by atoms with Crippen molar-refractivity contribution in [3.05, 3.63) is 30.3 Å². The highest BCUT2D eigenvalue weighted by atomic mass is 31.2. The maximum atomic E-state index is 6.66. The standard InChI is InChI=1S/C18H28O2P/c1-2-3-15-21(19-16-9-7-10-16,20-17-11-8-12-17)18-13-5-4-6-14-18/h4-6,13-14,16-17H,2-3,7-12,15H2,1H3/q+1. The summed E-state index contributed by atoms with van der Waals surface area (Å²) >= 11 is 0. The van der Waals surface area contributed by atoms with Crippen LogP contribution in [0.25, 0.3) is 0 Å². The Labute approximate surface area is 129 Å². The Hall–Kier alpha value is -0.430. The van der Waals surface area contributed by atoms with E-state index in [-0.39, 0.29) is 0 Å². The molecule has 0 atom stereocenters. The third-order valence-electron chi connectivity index (χ3n) is 4.70. The Kier molecular flexibility index (Phi) is 5.32. The van der Waals surface area contributed by atoms with Gasteiger partial charge < -0.3 is 0 Å². The van der Waals surface area contributed by atoms with Gasteiger partial charge in [-0.3, -0.25) is 0 Å². The fourth-order valence-electron chi connectivity index (χ4n) is 2.84. The predicted molar refractivity (Wildman–Crippen MR) is 90.2 cm³/mol. The van der Waals surface area contributed by atoms with Gasteiger partial charge >= 0.3 is 7.72 Å². The van der Waals surface area contributed by atoms with Crippen molar-refractivity contribution in [2.24, 2.45) is 0 Å². The van der Waals surface area contributed by atoms with Crippen LogP contribution in [0.3, 0.4) is 0 Å². The minimum atomic E-state index is -1.91. The van der Waals surface area contributed by atoms with Crippen LogP contribution >= 0.6 is 7.72 Å². The number of benzene rings is 1. The Morgan fingerprint density at radius 1 is 0.952 bits per heavy atom. The van der Waals surface area contributed by atoms with E-state index in [4.69, 9.17) is 9.05 Å². The molecule has 2 aliphatic rings. The Morgan fingerprint density at radius 3 is 1.95 bits per heavy atom. The lowest BCUT2D eigenvalue weighted by atomic mass is 9.97. The first kappa shape index (κ1) is 15.5. The van der Waals surface area contributed by atoms with Gasteiger partial charge in [0.05, 0.1) is 0 Å². The van der Waals surface area contributed by atoms with E-state index in [1.165, 1.54) is 56.7 Å². The fourth-order valence-corrected chi connectivity index (χ4v) is 6.34. The van der Waals surface area contributed by atoms with Crippen LogP contribution in [0.5, 0.6) is 0 Å². The maximum absolute atomic E-state index is 6.66. The topological polar surface area (TPSA) is 18.5 Å². The van der Waals surface area contributed by atoms with Crippen LogP contribution in [0.4, 0.5) is 0 Å². The lowest BCUT2D eigenvalue weighted by Crippen LogP contribution is -2.33. The van der Waals surface area contributed by atoms with Gasteiger partial charge in [-0.25, -0.2) is 0 Å². The summed E-state index contributed by atoms with van der Waals surface area (Å²) in [5, 5.41) is 1.32. The summed E-state index contributed by atoms with van der Waals surface area (Å²) in [6.07, 6.45) is 11.9. The minimum absolute atomic E-state index is 0.440. The smallest absolute Gasteiger partial charge is 0.198 e. The molecule has 21 heavy (non-hydrogen) atoms. The molecule has 2 aliphatic carbocycles. The van der Waals surface area contributed by atoms with E-state index >= 15 is 0 Å². The van der Waals surface area contributed by atoms with Gasteiger partial charge in [-0.15, -0.1) is 0 Å². The van der Waals surface area contributed by atoms with Gasteiger partial charge in [0.1, 0.15) is 18.4 Å². The van der Waals surface area contributed by atoms with Crippen LogP contribution in [0.2, 0.25) is 0 Å². The monoisotopic (exact) mass is 307 g/mol. The zero-order valence-corrected chi connectivity index (χ0v) is 14.1. The summed E-state index contributed by atoms with van der Waals surface area (Å²) in [7, 11) is -1.91. The van der Waals surface area contributed by atoms with E-state index in [9.17, 15) is 0 Å². The van der Waals surface area contributed by atoms with Crippen LogP contribution < -0.4 is 5.30 Å². The third kappa shape index (κ3) is 3.67. The van der Waals surface area contributed by atoms with Gasteiger partial charge in [0.15, 0.2) is 5.30 Å². The second-order valence-corrected chi connectivity index (χ2v) is 9.13. The number of rotatable bonds is 8. The van der Waals surface area contributed by atoms with E-state index in [0.29, 0.717) is 12.2 Å². The average Bonchev–Trinajstić information content (AvgIpc) is 2.44. The highest BCUT2D eigenvalue weighted by Gasteiger charge is 2.50. The number of hydrogen-bond donors (Lipinski definition) is 0. The highest BCUT2D eigenvalue weighted by Crippen LogP contribution is 2.64. The largest absolute Gasteiger partial charge is 0.307 e. The molecule has 0 bridgehead atoms. The summed E-state index contributed by atoms with van der Waals surface area (Å²) in [5.41, 5.74) is 0. The quantitative estimate of drug-likeness (QED) is 0.622. The second-order valence-electron chi connectivity index (χ2n) is 6.40. The number of unbranched alkanes of at least 4 members (excludes halogenated alkanes) is 1. The Morgan fingerprint density at radius 2 is 1.52 bits per heavy atom. The van der Waals surface area contributed by atoms with E-state index in [2.05, 4.69) is 37.3 Å². The first-order valence-corrected chi connectivity index (χ1v) is 10.4. The lowest BCUT2D eigenvalue weighted by molar-refractivity contribution is 0.0632. The molecular formula is C18H28O2P+. The molecule has 2 saturated carbocycles. The van der Waals surface area contributed by atoms with Crippen molar-refractivity contribution < 1.29 is 9.05 Å². The van der Waals surface area contributed by atoms with Crippen molar-refractivity contribution in [1.29, 1.82) is 0 Å². The molecule has 1 aromatic rings. The van der Waals surface area contributed by atoms with Gasteiger partial charge in [0, 0.05) is 0 Å². The second kappa shape index (κ2) is 7.22. The zero-order chi connectivity index (χ0) is 14.5. The zero-order valence-electron chi connectivity index (χ0n) is 13.2. The summed E-state index contributed by atoms with van der Waals surface area (Å²) in [5.74, 6) is 0. The maximum Gasteiger partial charge on any atom is 0.307 e. The van der Waals surface area contributed by atoms with E-state index in [0.717, 1.165) is 6.16 Å². The molecule has 0 N–H and O–H groups in total. The molecule has 0 heterocycles. The van der Waals surface area contributed by atoms with Crippen LogP contribution in [-0.4, -0.2) is 18.4 Å². The molecule has 0 aromatic heterocycles. The molecule has 116 valence electrons. The van der Waals surface area contributed by atoms with Crippen molar-refractivity contribution in [3.63, 3.8) is 0 Å². The molecule has 3 heteroatoms. The summed E-state index contributed by atoms with van der Waals surface area (Å²) in [6.45, 7) is 2.26. The Balaban J connectivity index is 1.83. The molecule has 0 amide bonds. The minimum Gasteiger partial charge on any atom is -0.198 e. The van der Waals surface area contributed by atoms with Gasteiger partial charge in [0.25, 0.3) is 0 Å².